The lowest BCUT2D eigenvalue weighted by Crippen LogP contribution is -2.31. The third-order valence-corrected chi connectivity index (χ3v) is 4.64. The van der Waals surface area contributed by atoms with Crippen LogP contribution in [0.5, 0.6) is 0 Å². The molecule has 21 heavy (non-hydrogen) atoms. The fraction of sp³-hybridized carbons (Fsp3) is 0.417. The van der Waals surface area contributed by atoms with Gasteiger partial charge in [-0.1, -0.05) is 0 Å². The molecule has 0 saturated carbocycles. The first-order valence-corrected chi connectivity index (χ1v) is 8.31. The summed E-state index contributed by atoms with van der Waals surface area (Å²) in [6.07, 6.45) is 0.332. The fourth-order valence-electron chi connectivity index (χ4n) is 2.18. The predicted molar refractivity (Wildman–Crippen MR) is 70.7 cm³/mol. The number of carbonyl (C=O) groups is 1. The van der Waals surface area contributed by atoms with Crippen LogP contribution in [-0.4, -0.2) is 45.5 Å². The molecular weight excluding hydrogens is 328 g/mol. The largest absolute Gasteiger partial charge is 0.380 e. The van der Waals surface area contributed by atoms with E-state index in [-0.39, 0.29) is 19.2 Å². The van der Waals surface area contributed by atoms with Crippen LogP contribution in [0.25, 0.3) is 0 Å². The highest BCUT2D eigenvalue weighted by Crippen LogP contribution is 2.26. The summed E-state index contributed by atoms with van der Waals surface area (Å²) in [4.78, 5) is 12.5. The maximum Gasteiger partial charge on any atom is 0.264 e. The van der Waals surface area contributed by atoms with Crippen LogP contribution in [0.15, 0.2) is 17.0 Å². The number of hydrogen-bond acceptors (Lipinski definition) is 4. The predicted octanol–water partition coefficient (Wildman–Crippen LogP) is 1.75. The van der Waals surface area contributed by atoms with E-state index in [0.717, 1.165) is 0 Å². The van der Waals surface area contributed by atoms with E-state index >= 15 is 0 Å². The second-order valence-electron chi connectivity index (χ2n) is 4.57. The first kappa shape index (κ1) is 16.1. The second-order valence-corrected chi connectivity index (χ2v) is 7.10. The van der Waals surface area contributed by atoms with Gasteiger partial charge in [0.25, 0.3) is 15.0 Å². The molecule has 1 unspecified atom stereocenters. The molecule has 0 spiro atoms. The number of rotatable bonds is 3. The summed E-state index contributed by atoms with van der Waals surface area (Å²) in [5.41, 5.74) is -0.923. The van der Waals surface area contributed by atoms with Crippen LogP contribution >= 0.6 is 10.7 Å². The van der Waals surface area contributed by atoms with Crippen LogP contribution in [0.2, 0.25) is 0 Å². The monoisotopic (exact) mass is 339 g/mol. The van der Waals surface area contributed by atoms with E-state index in [1.165, 1.54) is 12.0 Å². The molecule has 116 valence electrons. The van der Waals surface area contributed by atoms with Gasteiger partial charge in [-0.05, 0) is 18.6 Å². The Morgan fingerprint density at radius 1 is 1.43 bits per heavy atom. The summed E-state index contributed by atoms with van der Waals surface area (Å²) < 4.78 is 55.4. The molecule has 1 saturated heterocycles. The Kier molecular flexibility index (Phi) is 4.50. The molecule has 5 nitrogen and oxygen atoms in total. The van der Waals surface area contributed by atoms with E-state index in [0.29, 0.717) is 18.6 Å². The quantitative estimate of drug-likeness (QED) is 0.787. The molecule has 0 aromatic heterocycles. The van der Waals surface area contributed by atoms with Crippen LogP contribution < -0.4 is 0 Å². The zero-order valence-electron chi connectivity index (χ0n) is 11.0. The highest BCUT2D eigenvalue weighted by Gasteiger charge is 2.32. The third-order valence-electron chi connectivity index (χ3n) is 3.30. The van der Waals surface area contributed by atoms with Crippen LogP contribution in [0.4, 0.5) is 8.78 Å². The lowest BCUT2D eigenvalue weighted by atomic mass is 10.1. The van der Waals surface area contributed by atoms with Gasteiger partial charge in [0.15, 0.2) is 5.82 Å². The first-order valence-electron chi connectivity index (χ1n) is 6.00. The molecule has 1 aromatic rings. The second kappa shape index (κ2) is 5.86. The van der Waals surface area contributed by atoms with Crippen molar-refractivity contribution in [1.82, 2.24) is 4.90 Å². The average molecular weight is 340 g/mol. The number of ether oxygens (including phenoxy) is 1. The van der Waals surface area contributed by atoms with Crippen molar-refractivity contribution in [3.63, 3.8) is 0 Å². The molecule has 0 N–H and O–H groups in total. The molecule has 1 aliphatic heterocycles. The van der Waals surface area contributed by atoms with Crippen molar-refractivity contribution in [2.45, 2.75) is 17.4 Å². The van der Waals surface area contributed by atoms with E-state index in [4.69, 9.17) is 15.4 Å². The molecule has 1 fully saturated rings. The third kappa shape index (κ3) is 3.17. The Hall–Kier alpha value is -1.25. The summed E-state index contributed by atoms with van der Waals surface area (Å²) in [6, 6.07) is 1.39. The molecule has 2 rings (SSSR count). The zero-order valence-corrected chi connectivity index (χ0v) is 12.5. The standard InChI is InChI=1S/C12H12ClF2NO4S/c1-20-7-4-5-16(6-7)12(17)10-8(14)2-3-9(11(10)15)21(13,18)19/h2-3,7H,4-6H2,1H3. The van der Waals surface area contributed by atoms with Crippen molar-refractivity contribution in [2.75, 3.05) is 20.2 Å². The lowest BCUT2D eigenvalue weighted by Gasteiger charge is -2.17. The van der Waals surface area contributed by atoms with Gasteiger partial charge in [-0.2, -0.15) is 0 Å². The summed E-state index contributed by atoms with van der Waals surface area (Å²) in [5, 5.41) is 0. The molecule has 1 heterocycles. The van der Waals surface area contributed by atoms with Gasteiger partial charge in [-0.25, -0.2) is 17.2 Å². The maximum absolute atomic E-state index is 14.1. The van der Waals surface area contributed by atoms with Crippen LogP contribution in [0, 0.1) is 11.6 Å². The smallest absolute Gasteiger partial charge is 0.264 e. The highest BCUT2D eigenvalue weighted by atomic mass is 35.7. The van der Waals surface area contributed by atoms with Gasteiger partial charge in [0.1, 0.15) is 16.3 Å². The molecule has 1 atom stereocenters. The highest BCUT2D eigenvalue weighted by molar-refractivity contribution is 8.13. The van der Waals surface area contributed by atoms with Gasteiger partial charge in [0, 0.05) is 30.9 Å². The van der Waals surface area contributed by atoms with E-state index in [1.807, 2.05) is 0 Å². The van der Waals surface area contributed by atoms with Gasteiger partial charge in [0.05, 0.1) is 6.10 Å². The van der Waals surface area contributed by atoms with Crippen LogP contribution in [0.1, 0.15) is 16.8 Å². The maximum atomic E-state index is 14.1. The zero-order chi connectivity index (χ0) is 15.8. The number of carbonyl (C=O) groups excluding carboxylic acids is 1. The topological polar surface area (TPSA) is 63.7 Å². The van der Waals surface area contributed by atoms with Crippen molar-refractivity contribution in [3.05, 3.63) is 29.3 Å². The average Bonchev–Trinajstić information content (AvgIpc) is 2.85. The fourth-order valence-corrected chi connectivity index (χ4v) is 3.09. The molecule has 0 bridgehead atoms. The summed E-state index contributed by atoms with van der Waals surface area (Å²) >= 11 is 0. The minimum atomic E-state index is -4.41. The molecule has 9 heteroatoms. The van der Waals surface area contributed by atoms with Gasteiger partial charge in [0.2, 0.25) is 0 Å². The van der Waals surface area contributed by atoms with Gasteiger partial charge in [-0.3, -0.25) is 4.79 Å². The molecule has 1 amide bonds. The van der Waals surface area contributed by atoms with Crippen LogP contribution in [0.3, 0.4) is 0 Å². The minimum Gasteiger partial charge on any atom is -0.380 e. The molecule has 0 aliphatic carbocycles. The molecule has 1 aromatic carbocycles. The van der Waals surface area contributed by atoms with Gasteiger partial charge in [-0.15, -0.1) is 0 Å². The minimum absolute atomic E-state index is 0.187. The normalized spacial score (nSPS) is 19.0. The Balaban J connectivity index is 2.42. The van der Waals surface area contributed by atoms with Crippen molar-refractivity contribution in [3.8, 4) is 0 Å². The van der Waals surface area contributed by atoms with E-state index < -0.39 is 37.1 Å². The van der Waals surface area contributed by atoms with Crippen molar-refractivity contribution >= 4 is 25.6 Å². The summed E-state index contributed by atoms with van der Waals surface area (Å²) in [5.74, 6) is -3.54. The number of nitrogens with zero attached hydrogens (tertiary/aromatic N) is 1. The number of likely N-dealkylation sites (tertiary alicyclic amines) is 1. The molecule has 1 aliphatic rings. The van der Waals surface area contributed by atoms with Gasteiger partial charge < -0.3 is 9.64 Å². The van der Waals surface area contributed by atoms with E-state index in [2.05, 4.69) is 0 Å². The first-order chi connectivity index (χ1) is 9.75. The number of amides is 1. The number of methoxy groups -OCH3 is 1. The molecule has 0 radical (unpaired) electrons. The Morgan fingerprint density at radius 2 is 2.10 bits per heavy atom. The van der Waals surface area contributed by atoms with Crippen molar-refractivity contribution in [2.24, 2.45) is 0 Å². The Labute approximate surface area is 124 Å². The Morgan fingerprint density at radius 3 is 2.62 bits per heavy atom. The van der Waals surface area contributed by atoms with Crippen LogP contribution in [-0.2, 0) is 13.8 Å². The van der Waals surface area contributed by atoms with Gasteiger partial charge >= 0.3 is 0 Å². The van der Waals surface area contributed by atoms with E-state index in [9.17, 15) is 22.0 Å². The summed E-state index contributed by atoms with van der Waals surface area (Å²) in [7, 11) is 2.13. The number of hydrogen-bond donors (Lipinski definition) is 0. The number of halogens is 3. The van der Waals surface area contributed by atoms with Crippen molar-refractivity contribution < 1.29 is 26.7 Å². The van der Waals surface area contributed by atoms with E-state index in [1.54, 1.807) is 0 Å². The Bertz CT molecular complexity index is 680. The van der Waals surface area contributed by atoms with Crippen molar-refractivity contribution in [1.29, 1.82) is 0 Å². The SMILES string of the molecule is COC1CCN(C(=O)c2c(F)ccc(S(=O)(=O)Cl)c2F)C1. The summed E-state index contributed by atoms with van der Waals surface area (Å²) in [6.45, 7) is 0.458. The number of benzene rings is 1. The molecular formula is C12H12ClF2NO4S. The lowest BCUT2D eigenvalue weighted by molar-refractivity contribution is 0.0714.